The number of halogens is 1. The number of imide groups is 1. The average molecular weight is 236 g/mol. The monoisotopic (exact) mass is 235 g/mol. The van der Waals surface area contributed by atoms with Gasteiger partial charge in [-0.05, 0) is 23.8 Å². The Kier molecular flexibility index (Phi) is 2.79. The molecule has 1 heterocycles. The van der Waals surface area contributed by atoms with Crippen molar-refractivity contribution < 1.29 is 9.59 Å². The summed E-state index contributed by atoms with van der Waals surface area (Å²) in [6.07, 6.45) is 1.87. The zero-order valence-corrected chi connectivity index (χ0v) is 9.49. The largest absolute Gasteiger partial charge is 0.282 e. The Hall–Kier alpha value is -1.61. The van der Waals surface area contributed by atoms with Crippen LogP contribution in [0.5, 0.6) is 0 Å². The van der Waals surface area contributed by atoms with E-state index in [1.165, 1.54) is 7.05 Å². The molecule has 1 aromatic rings. The van der Waals surface area contributed by atoms with E-state index >= 15 is 0 Å². The van der Waals surface area contributed by atoms with E-state index in [0.29, 0.717) is 10.6 Å². The topological polar surface area (TPSA) is 37.4 Å². The Bertz CT molecular complexity index is 494. The Morgan fingerprint density at radius 3 is 2.69 bits per heavy atom. The van der Waals surface area contributed by atoms with Gasteiger partial charge < -0.3 is 0 Å². The second kappa shape index (κ2) is 4.10. The maximum absolute atomic E-state index is 11.6. The molecule has 0 aromatic heterocycles. The van der Waals surface area contributed by atoms with Crippen molar-refractivity contribution in [3.8, 4) is 0 Å². The van der Waals surface area contributed by atoms with Gasteiger partial charge in [0.25, 0.3) is 5.91 Å². The summed E-state index contributed by atoms with van der Waals surface area (Å²) in [6, 6.07) is 7.16. The van der Waals surface area contributed by atoms with E-state index in [1.807, 2.05) is 6.07 Å². The lowest BCUT2D eigenvalue weighted by Gasteiger charge is -2.02. The van der Waals surface area contributed by atoms with Crippen molar-refractivity contribution in [3.05, 3.63) is 40.4 Å². The minimum atomic E-state index is -0.232. The van der Waals surface area contributed by atoms with Crippen molar-refractivity contribution in [1.82, 2.24) is 4.90 Å². The fourth-order valence-corrected chi connectivity index (χ4v) is 1.79. The molecule has 1 saturated heterocycles. The molecule has 1 aromatic carbocycles. The first-order valence-corrected chi connectivity index (χ1v) is 5.23. The van der Waals surface area contributed by atoms with Crippen molar-refractivity contribution >= 4 is 29.5 Å². The average Bonchev–Trinajstić information content (AvgIpc) is 2.47. The van der Waals surface area contributed by atoms with Gasteiger partial charge in [-0.25, -0.2) is 0 Å². The molecule has 1 fully saturated rings. The summed E-state index contributed by atoms with van der Waals surface area (Å²) in [7, 11) is 1.49. The molecule has 0 saturated carbocycles. The third-order valence-electron chi connectivity index (χ3n) is 2.48. The zero-order valence-electron chi connectivity index (χ0n) is 8.74. The number of carbonyl (C=O) groups excluding carboxylic acids is 2. The molecule has 0 N–H and O–H groups in total. The SMILES string of the molecule is CN1C(=O)C/C(=C\c2cccc(Cl)c2)C1=O. The van der Waals surface area contributed by atoms with Gasteiger partial charge in [-0.1, -0.05) is 23.7 Å². The van der Waals surface area contributed by atoms with Crippen molar-refractivity contribution in [2.24, 2.45) is 0 Å². The number of rotatable bonds is 1. The third-order valence-corrected chi connectivity index (χ3v) is 2.72. The zero-order chi connectivity index (χ0) is 11.7. The first-order valence-electron chi connectivity index (χ1n) is 4.85. The van der Waals surface area contributed by atoms with Crippen LogP contribution in [0.4, 0.5) is 0 Å². The lowest BCUT2D eigenvalue weighted by atomic mass is 10.1. The molecule has 3 nitrogen and oxygen atoms in total. The van der Waals surface area contributed by atoms with Gasteiger partial charge in [0.05, 0.1) is 6.42 Å². The third kappa shape index (κ3) is 1.99. The molecule has 0 spiro atoms. The lowest BCUT2D eigenvalue weighted by molar-refractivity contribution is -0.135. The fraction of sp³-hybridized carbons (Fsp3) is 0.167. The first-order chi connectivity index (χ1) is 7.58. The minimum absolute atomic E-state index is 0.168. The predicted molar refractivity (Wildman–Crippen MR) is 61.8 cm³/mol. The van der Waals surface area contributed by atoms with E-state index < -0.39 is 0 Å². The quantitative estimate of drug-likeness (QED) is 0.552. The summed E-state index contributed by atoms with van der Waals surface area (Å²) in [6.45, 7) is 0. The molecule has 0 unspecified atom stereocenters. The van der Waals surface area contributed by atoms with Gasteiger partial charge in [0.2, 0.25) is 5.91 Å². The van der Waals surface area contributed by atoms with Gasteiger partial charge in [0, 0.05) is 17.6 Å². The van der Waals surface area contributed by atoms with Gasteiger partial charge in [0.1, 0.15) is 0 Å². The number of carbonyl (C=O) groups is 2. The molecule has 2 amide bonds. The van der Waals surface area contributed by atoms with Gasteiger partial charge in [-0.2, -0.15) is 0 Å². The molecule has 0 aliphatic carbocycles. The van der Waals surface area contributed by atoms with Crippen LogP contribution >= 0.6 is 11.6 Å². The van der Waals surface area contributed by atoms with Crippen LogP contribution in [0, 0.1) is 0 Å². The van der Waals surface area contributed by atoms with Crippen LogP contribution in [0.2, 0.25) is 5.02 Å². The second-order valence-electron chi connectivity index (χ2n) is 3.66. The van der Waals surface area contributed by atoms with Crippen molar-refractivity contribution in [3.63, 3.8) is 0 Å². The summed E-state index contributed by atoms with van der Waals surface area (Å²) in [5.41, 5.74) is 1.34. The van der Waals surface area contributed by atoms with Gasteiger partial charge in [-0.3, -0.25) is 14.5 Å². The van der Waals surface area contributed by atoms with Crippen molar-refractivity contribution in [2.45, 2.75) is 6.42 Å². The van der Waals surface area contributed by atoms with E-state index in [1.54, 1.807) is 24.3 Å². The number of hydrogen-bond acceptors (Lipinski definition) is 2. The van der Waals surface area contributed by atoms with Crippen LogP contribution in [-0.2, 0) is 9.59 Å². The summed E-state index contributed by atoms with van der Waals surface area (Å²) < 4.78 is 0. The van der Waals surface area contributed by atoms with Gasteiger partial charge >= 0.3 is 0 Å². The number of likely N-dealkylation sites (tertiary alicyclic amines) is 1. The molecule has 1 aliphatic rings. The standard InChI is InChI=1S/C12H10ClNO2/c1-14-11(15)7-9(12(14)16)5-8-3-2-4-10(13)6-8/h2-6H,7H2,1H3/b9-5+. The normalized spacial score (nSPS) is 18.6. The highest BCUT2D eigenvalue weighted by Crippen LogP contribution is 2.21. The molecular weight excluding hydrogens is 226 g/mol. The highest BCUT2D eigenvalue weighted by Gasteiger charge is 2.30. The van der Waals surface area contributed by atoms with Crippen LogP contribution in [0.15, 0.2) is 29.8 Å². The number of amides is 2. The van der Waals surface area contributed by atoms with Crippen LogP contribution in [0.1, 0.15) is 12.0 Å². The second-order valence-corrected chi connectivity index (χ2v) is 4.10. The van der Waals surface area contributed by atoms with Gasteiger partial charge in [-0.15, -0.1) is 0 Å². The number of likely N-dealkylation sites (N-methyl/N-ethyl adjacent to an activating group) is 1. The molecule has 0 radical (unpaired) electrons. The minimum Gasteiger partial charge on any atom is -0.282 e. The fourth-order valence-electron chi connectivity index (χ4n) is 1.60. The van der Waals surface area contributed by atoms with E-state index in [0.717, 1.165) is 10.5 Å². The molecule has 2 rings (SSSR count). The van der Waals surface area contributed by atoms with E-state index in [4.69, 9.17) is 11.6 Å². The highest BCUT2D eigenvalue weighted by molar-refractivity contribution is 6.30. The summed E-state index contributed by atoms with van der Waals surface area (Å²) in [5.74, 6) is -0.400. The van der Waals surface area contributed by atoms with Crippen molar-refractivity contribution in [1.29, 1.82) is 0 Å². The van der Waals surface area contributed by atoms with E-state index in [-0.39, 0.29) is 18.2 Å². The number of nitrogens with zero attached hydrogens (tertiary/aromatic N) is 1. The molecule has 0 atom stereocenters. The molecule has 82 valence electrons. The molecule has 4 heteroatoms. The number of benzene rings is 1. The maximum atomic E-state index is 11.6. The first kappa shape index (κ1) is 10.9. The Balaban J connectivity index is 2.33. The highest BCUT2D eigenvalue weighted by atomic mass is 35.5. The van der Waals surface area contributed by atoms with Crippen LogP contribution in [0.25, 0.3) is 6.08 Å². The van der Waals surface area contributed by atoms with Gasteiger partial charge in [0.15, 0.2) is 0 Å². The Morgan fingerprint density at radius 2 is 2.12 bits per heavy atom. The molecule has 0 bridgehead atoms. The summed E-state index contributed by atoms with van der Waals surface area (Å²) in [5, 5.41) is 0.611. The molecule has 1 aliphatic heterocycles. The predicted octanol–water partition coefficient (Wildman–Crippen LogP) is 2.11. The Labute approximate surface area is 98.3 Å². The molecular formula is C12H10ClNO2. The molecule has 16 heavy (non-hydrogen) atoms. The summed E-state index contributed by atoms with van der Waals surface area (Å²) in [4.78, 5) is 24.0. The smallest absolute Gasteiger partial charge is 0.256 e. The van der Waals surface area contributed by atoms with E-state index in [2.05, 4.69) is 0 Å². The number of hydrogen-bond donors (Lipinski definition) is 0. The van der Waals surface area contributed by atoms with Crippen LogP contribution < -0.4 is 0 Å². The van der Waals surface area contributed by atoms with E-state index in [9.17, 15) is 9.59 Å². The lowest BCUT2D eigenvalue weighted by Crippen LogP contribution is -2.23. The van der Waals surface area contributed by atoms with Crippen molar-refractivity contribution in [2.75, 3.05) is 7.05 Å². The Morgan fingerprint density at radius 1 is 1.38 bits per heavy atom. The maximum Gasteiger partial charge on any atom is 0.256 e. The van der Waals surface area contributed by atoms with Crippen LogP contribution in [-0.4, -0.2) is 23.8 Å². The van der Waals surface area contributed by atoms with Crippen LogP contribution in [0.3, 0.4) is 0 Å². The summed E-state index contributed by atoms with van der Waals surface area (Å²) >= 11 is 5.83.